The van der Waals surface area contributed by atoms with E-state index in [1.54, 1.807) is 0 Å². The van der Waals surface area contributed by atoms with Gasteiger partial charge in [-0.1, -0.05) is 13.5 Å². The molecule has 7 nitrogen and oxygen atoms in total. The minimum Gasteiger partial charge on any atom is -0.446 e. The molecule has 2 unspecified atom stereocenters. The summed E-state index contributed by atoms with van der Waals surface area (Å²) in [6, 6.07) is 1.06. The van der Waals surface area contributed by atoms with Crippen LogP contribution >= 0.6 is 0 Å². The third-order valence-corrected chi connectivity index (χ3v) is 12.5. The molecule has 0 saturated heterocycles. The van der Waals surface area contributed by atoms with E-state index in [1.165, 1.54) is 6.08 Å². The van der Waals surface area contributed by atoms with Crippen LogP contribution in [-0.4, -0.2) is 89.1 Å². The molecular formula is C13H37NO6Si5. The van der Waals surface area contributed by atoms with Crippen molar-refractivity contribution in [3.63, 3.8) is 0 Å². The Morgan fingerprint density at radius 3 is 2.40 bits per heavy atom. The summed E-state index contributed by atoms with van der Waals surface area (Å²) in [5.41, 5.74) is 0. The van der Waals surface area contributed by atoms with Crippen molar-refractivity contribution in [3.05, 3.63) is 12.7 Å². The first kappa shape index (κ1) is 25.5. The number of hydrogen-bond donors (Lipinski definition) is 2. The van der Waals surface area contributed by atoms with Crippen molar-refractivity contribution in [2.45, 2.75) is 45.3 Å². The quantitative estimate of drug-likeness (QED) is 0.119. The zero-order valence-electron chi connectivity index (χ0n) is 16.3. The molecule has 0 amide bonds. The maximum atomic E-state index is 9.94. The molecule has 0 aromatic rings. The summed E-state index contributed by atoms with van der Waals surface area (Å²) >= 11 is 0. The highest BCUT2D eigenvalue weighted by atomic mass is 28.4. The molecule has 2 atom stereocenters. The third kappa shape index (κ3) is 16.4. The minimum atomic E-state index is -1.43. The first-order valence-electron chi connectivity index (χ1n) is 8.83. The molecule has 0 bridgehead atoms. The number of aliphatic hydroxyl groups excluding tert-OH is 2. The lowest BCUT2D eigenvalue weighted by Crippen LogP contribution is -2.38. The molecule has 0 aliphatic carbocycles. The maximum Gasteiger partial charge on any atom is 0.286 e. The Hall–Kier alpha value is 0.544. The highest BCUT2D eigenvalue weighted by molar-refractivity contribution is 6.73. The van der Waals surface area contributed by atoms with Gasteiger partial charge in [0.2, 0.25) is 0 Å². The fourth-order valence-electron chi connectivity index (χ4n) is 1.92. The lowest BCUT2D eigenvalue weighted by molar-refractivity contribution is 0.0251. The minimum absolute atomic E-state index is 0.124. The van der Waals surface area contributed by atoms with E-state index in [-0.39, 0.29) is 12.5 Å². The van der Waals surface area contributed by atoms with Crippen molar-refractivity contribution in [2.75, 3.05) is 19.7 Å². The summed E-state index contributed by atoms with van der Waals surface area (Å²) in [6.45, 7) is 13.7. The SMILES string of the molecule is C=CC(O)N(CCC[SiH2]O[SiH2]O[SiH2]O[SiH2]O[Si](C)(C)C)CC(C)CO. The van der Waals surface area contributed by atoms with Crippen LogP contribution in [0.25, 0.3) is 0 Å². The van der Waals surface area contributed by atoms with Gasteiger partial charge in [-0.2, -0.15) is 0 Å². The van der Waals surface area contributed by atoms with E-state index in [2.05, 4.69) is 26.2 Å². The number of nitrogens with zero attached hydrogens (tertiary/aromatic N) is 1. The van der Waals surface area contributed by atoms with E-state index >= 15 is 0 Å². The summed E-state index contributed by atoms with van der Waals surface area (Å²) in [6.07, 6.45) is 1.85. The van der Waals surface area contributed by atoms with Crippen LogP contribution < -0.4 is 0 Å². The van der Waals surface area contributed by atoms with Crippen LogP contribution in [0.1, 0.15) is 13.3 Å². The van der Waals surface area contributed by atoms with Gasteiger partial charge < -0.3 is 26.7 Å². The van der Waals surface area contributed by atoms with Gasteiger partial charge in [-0.25, -0.2) is 0 Å². The summed E-state index contributed by atoms with van der Waals surface area (Å²) in [4.78, 5) is 1.94. The summed E-state index contributed by atoms with van der Waals surface area (Å²) < 4.78 is 22.5. The van der Waals surface area contributed by atoms with Gasteiger partial charge in [0, 0.05) is 19.7 Å². The summed E-state index contributed by atoms with van der Waals surface area (Å²) in [7, 11) is -4.61. The summed E-state index contributed by atoms with van der Waals surface area (Å²) in [5, 5.41) is 19.1. The van der Waals surface area contributed by atoms with Crippen molar-refractivity contribution in [1.29, 1.82) is 0 Å². The molecule has 0 rings (SSSR count). The average Bonchev–Trinajstić information content (AvgIpc) is 2.56. The van der Waals surface area contributed by atoms with Gasteiger partial charge in [0.25, 0.3) is 30.0 Å². The molecule has 12 heteroatoms. The van der Waals surface area contributed by atoms with Crippen LogP contribution in [0.5, 0.6) is 0 Å². The van der Waals surface area contributed by atoms with Gasteiger partial charge >= 0.3 is 0 Å². The molecule has 0 radical (unpaired) electrons. The van der Waals surface area contributed by atoms with Crippen molar-refractivity contribution in [3.8, 4) is 0 Å². The highest BCUT2D eigenvalue weighted by Crippen LogP contribution is 2.06. The molecule has 0 aromatic carbocycles. The molecule has 2 N–H and O–H groups in total. The van der Waals surface area contributed by atoms with Gasteiger partial charge in [0.15, 0.2) is 8.32 Å². The molecule has 0 saturated carbocycles. The van der Waals surface area contributed by atoms with E-state index in [1.807, 2.05) is 11.8 Å². The van der Waals surface area contributed by atoms with Gasteiger partial charge in [0.1, 0.15) is 16.0 Å². The van der Waals surface area contributed by atoms with Gasteiger partial charge in [-0.3, -0.25) is 4.90 Å². The first-order valence-corrected chi connectivity index (χ1v) is 17.3. The fraction of sp³-hybridized carbons (Fsp3) is 0.846. The number of aliphatic hydroxyl groups is 2. The average molecular weight is 444 g/mol. The molecule has 0 spiro atoms. The first-order chi connectivity index (χ1) is 11.8. The topological polar surface area (TPSA) is 80.6 Å². The van der Waals surface area contributed by atoms with Crippen molar-refractivity contribution in [1.82, 2.24) is 4.90 Å². The monoisotopic (exact) mass is 443 g/mol. The molecule has 150 valence electrons. The normalized spacial score (nSPS) is 16.6. The fourth-order valence-corrected chi connectivity index (χ4v) is 9.74. The van der Waals surface area contributed by atoms with Crippen LogP contribution in [0.3, 0.4) is 0 Å². The summed E-state index contributed by atoms with van der Waals surface area (Å²) in [5.74, 6) is 0.141. The van der Waals surface area contributed by atoms with E-state index in [9.17, 15) is 5.11 Å². The van der Waals surface area contributed by atoms with Gasteiger partial charge in [-0.15, -0.1) is 0 Å². The lowest BCUT2D eigenvalue weighted by Gasteiger charge is -2.28. The van der Waals surface area contributed by atoms with Crippen molar-refractivity contribution >= 4 is 48.1 Å². The molecule has 0 aromatic heterocycles. The van der Waals surface area contributed by atoms with Crippen molar-refractivity contribution in [2.24, 2.45) is 5.92 Å². The Kier molecular flexibility index (Phi) is 15.9. The Morgan fingerprint density at radius 1 is 1.16 bits per heavy atom. The van der Waals surface area contributed by atoms with Gasteiger partial charge in [0.05, 0.1) is 0 Å². The van der Waals surface area contributed by atoms with E-state index in [4.69, 9.17) is 21.6 Å². The van der Waals surface area contributed by atoms with Crippen LogP contribution in [0.15, 0.2) is 12.7 Å². The third-order valence-electron chi connectivity index (χ3n) is 3.34. The smallest absolute Gasteiger partial charge is 0.286 e. The predicted molar refractivity (Wildman–Crippen MR) is 115 cm³/mol. The Balaban J connectivity index is 3.58. The number of hydrogen-bond acceptors (Lipinski definition) is 7. The Morgan fingerprint density at radius 2 is 1.80 bits per heavy atom. The number of rotatable bonds is 17. The lowest BCUT2D eigenvalue weighted by atomic mass is 10.2. The molecular weight excluding hydrogens is 407 g/mol. The van der Waals surface area contributed by atoms with Crippen LogP contribution in [-0.2, 0) is 16.5 Å². The highest BCUT2D eigenvalue weighted by Gasteiger charge is 2.15. The molecule has 0 heterocycles. The second-order valence-corrected chi connectivity index (χ2v) is 19.2. The van der Waals surface area contributed by atoms with E-state index in [0.29, 0.717) is 6.54 Å². The molecule has 25 heavy (non-hydrogen) atoms. The second-order valence-electron chi connectivity index (χ2n) is 7.07. The van der Waals surface area contributed by atoms with E-state index in [0.717, 1.165) is 19.0 Å². The Bertz CT molecular complexity index is 337. The second kappa shape index (κ2) is 15.6. The molecule has 0 fully saturated rings. The van der Waals surface area contributed by atoms with Crippen LogP contribution in [0.2, 0.25) is 25.7 Å². The standard InChI is InChI=1S/C13H37NO6Si5/c1-6-13(16)14(10-12(2)11-15)8-7-9-21-17-22-18-23-19-24-20-25(3,4)5/h6,12-13,15-16H,1,7-11,21-24H2,2-5H3. The van der Waals surface area contributed by atoms with Gasteiger partial charge in [-0.05, 0) is 44.1 Å². The van der Waals surface area contributed by atoms with Crippen LogP contribution in [0, 0.1) is 5.92 Å². The molecule has 0 aliphatic rings. The van der Waals surface area contributed by atoms with Crippen LogP contribution in [0.4, 0.5) is 0 Å². The zero-order chi connectivity index (χ0) is 19.1. The predicted octanol–water partition coefficient (Wildman–Crippen LogP) is -1.79. The zero-order valence-corrected chi connectivity index (χ0v) is 22.9. The largest absolute Gasteiger partial charge is 0.446 e. The maximum absolute atomic E-state index is 9.94. The molecule has 0 aliphatic heterocycles. The van der Waals surface area contributed by atoms with E-state index < -0.39 is 54.3 Å². The Labute approximate surface area is 163 Å². The van der Waals surface area contributed by atoms with Crippen molar-refractivity contribution < 1.29 is 26.7 Å².